The molecule has 31 heavy (non-hydrogen) atoms. The van der Waals surface area contributed by atoms with Crippen molar-refractivity contribution in [2.75, 3.05) is 27.4 Å². The van der Waals surface area contributed by atoms with Crippen molar-refractivity contribution in [3.63, 3.8) is 0 Å². The van der Waals surface area contributed by atoms with E-state index < -0.39 is 11.4 Å². The van der Waals surface area contributed by atoms with E-state index in [2.05, 4.69) is 18.2 Å². The zero-order chi connectivity index (χ0) is 23.5. The van der Waals surface area contributed by atoms with Gasteiger partial charge in [0.05, 0.1) is 13.2 Å². The maximum atomic E-state index is 11.6. The normalized spacial score (nSPS) is 24.2. The smallest absolute Gasteiger partial charge is 0.302 e. The van der Waals surface area contributed by atoms with Gasteiger partial charge in [0.2, 0.25) is 0 Å². The number of hydrogen-bond acceptors (Lipinski definition) is 7. The molecule has 7 heteroatoms. The van der Waals surface area contributed by atoms with E-state index >= 15 is 0 Å². The molecule has 7 nitrogen and oxygen atoms in total. The number of carbonyl (C=O) groups excluding carboxylic acids is 1. The van der Waals surface area contributed by atoms with Gasteiger partial charge in [0, 0.05) is 34.0 Å². The summed E-state index contributed by atoms with van der Waals surface area (Å²) >= 11 is 0. The fourth-order valence-electron chi connectivity index (χ4n) is 4.24. The number of nitrogens with zero attached hydrogens (tertiary/aromatic N) is 1. The van der Waals surface area contributed by atoms with Crippen molar-refractivity contribution in [3.8, 4) is 0 Å². The van der Waals surface area contributed by atoms with Crippen molar-refractivity contribution in [1.82, 2.24) is 0 Å². The molecule has 0 saturated carbocycles. The first kappa shape index (κ1) is 27.5. The van der Waals surface area contributed by atoms with Gasteiger partial charge in [-0.25, -0.2) is 0 Å². The number of methoxy groups -OCH3 is 2. The topological polar surface area (TPSA) is 83.4 Å². The molecular formula is C24H41NO6. The van der Waals surface area contributed by atoms with Crippen molar-refractivity contribution in [2.45, 2.75) is 90.6 Å². The average Bonchev–Trinajstić information content (AvgIpc) is 2.86. The summed E-state index contributed by atoms with van der Waals surface area (Å²) < 4.78 is 23.6. The Labute approximate surface area is 187 Å². The first-order valence-electron chi connectivity index (χ1n) is 11.1. The SMILES string of the molecule is COC1(OC)CCC(=CCN=O)CO[C@@]1(C)CCCC(C)C(CC=C(C)C)OC(C)=O. The van der Waals surface area contributed by atoms with Crippen LogP contribution in [0.5, 0.6) is 0 Å². The summed E-state index contributed by atoms with van der Waals surface area (Å²) in [4.78, 5) is 22.0. The third kappa shape index (κ3) is 8.13. The quantitative estimate of drug-likeness (QED) is 0.177. The summed E-state index contributed by atoms with van der Waals surface area (Å²) in [6.45, 7) is 10.3. The summed E-state index contributed by atoms with van der Waals surface area (Å²) in [7, 11) is 3.29. The number of allylic oxidation sites excluding steroid dienone is 1. The second kappa shape index (κ2) is 13.1. The van der Waals surface area contributed by atoms with E-state index in [0.717, 1.165) is 37.7 Å². The number of ether oxygens (including phenoxy) is 4. The van der Waals surface area contributed by atoms with Gasteiger partial charge in [-0.1, -0.05) is 29.8 Å². The third-order valence-corrected chi connectivity index (χ3v) is 6.29. The van der Waals surface area contributed by atoms with Crippen molar-refractivity contribution in [3.05, 3.63) is 28.2 Å². The van der Waals surface area contributed by atoms with Gasteiger partial charge < -0.3 is 18.9 Å². The minimum atomic E-state index is -0.877. The third-order valence-electron chi connectivity index (χ3n) is 6.29. The molecule has 1 heterocycles. The van der Waals surface area contributed by atoms with Crippen molar-refractivity contribution < 1.29 is 23.7 Å². The molecule has 0 aromatic heterocycles. The van der Waals surface area contributed by atoms with Crippen LogP contribution in [0.1, 0.15) is 73.1 Å². The molecule has 0 N–H and O–H groups in total. The Hall–Kier alpha value is -1.57. The largest absolute Gasteiger partial charge is 0.462 e. The van der Waals surface area contributed by atoms with Crippen LogP contribution in [0.3, 0.4) is 0 Å². The number of esters is 1. The Morgan fingerprint density at radius 1 is 1.26 bits per heavy atom. The highest BCUT2D eigenvalue weighted by Crippen LogP contribution is 2.42. The lowest BCUT2D eigenvalue weighted by atomic mass is 9.84. The molecule has 0 amide bonds. The highest BCUT2D eigenvalue weighted by Gasteiger charge is 2.51. The second-order valence-corrected chi connectivity index (χ2v) is 8.89. The van der Waals surface area contributed by atoms with E-state index in [1.165, 1.54) is 12.5 Å². The number of carbonyl (C=O) groups is 1. The highest BCUT2D eigenvalue weighted by molar-refractivity contribution is 5.66. The summed E-state index contributed by atoms with van der Waals surface area (Å²) in [6, 6.07) is 0. The Morgan fingerprint density at radius 3 is 2.48 bits per heavy atom. The standard InChI is InChI=1S/C24H41NO6/c1-18(2)10-11-22(31-20(4)26)19(3)9-8-14-23(5)24(28-6,29-7)15-12-21(17-30-23)13-16-25-27/h10,13,19,22H,8-9,11-12,14-17H2,1-7H3/t19?,22?,23-/m0/s1. The van der Waals surface area contributed by atoms with Gasteiger partial charge >= 0.3 is 5.97 Å². The second-order valence-electron chi connectivity index (χ2n) is 8.89. The Bertz CT molecular complexity index is 636. The van der Waals surface area contributed by atoms with Gasteiger partial charge in [0.15, 0.2) is 5.79 Å². The molecule has 1 saturated heterocycles. The zero-order valence-corrected chi connectivity index (χ0v) is 20.4. The van der Waals surface area contributed by atoms with Crippen LogP contribution in [-0.4, -0.2) is 50.8 Å². The Kier molecular flexibility index (Phi) is 11.6. The summed E-state index contributed by atoms with van der Waals surface area (Å²) in [6.07, 6.45) is 8.35. The molecule has 1 fully saturated rings. The van der Waals surface area contributed by atoms with E-state index in [4.69, 9.17) is 18.9 Å². The lowest BCUT2D eigenvalue weighted by Crippen LogP contribution is -2.55. The van der Waals surface area contributed by atoms with Gasteiger partial charge in [-0.3, -0.25) is 4.79 Å². The van der Waals surface area contributed by atoms with Crippen LogP contribution in [0.25, 0.3) is 0 Å². The molecule has 0 aromatic rings. The van der Waals surface area contributed by atoms with Gasteiger partial charge in [-0.05, 0) is 57.9 Å². The lowest BCUT2D eigenvalue weighted by Gasteiger charge is -2.45. The first-order chi connectivity index (χ1) is 14.6. The van der Waals surface area contributed by atoms with Gasteiger partial charge in [-0.15, -0.1) is 0 Å². The molecule has 1 rings (SSSR count). The molecule has 0 radical (unpaired) electrons. The average molecular weight is 440 g/mol. The molecule has 2 unspecified atom stereocenters. The number of nitroso groups, excluding NO2 is 1. The molecule has 0 aliphatic carbocycles. The number of hydrogen-bond donors (Lipinski definition) is 0. The van der Waals surface area contributed by atoms with E-state index in [9.17, 15) is 9.70 Å². The maximum Gasteiger partial charge on any atom is 0.302 e. The first-order valence-corrected chi connectivity index (χ1v) is 11.1. The van der Waals surface area contributed by atoms with Crippen LogP contribution in [0.4, 0.5) is 0 Å². The fraction of sp³-hybridized carbons (Fsp3) is 0.792. The van der Waals surface area contributed by atoms with Gasteiger partial charge in [0.1, 0.15) is 11.7 Å². The molecule has 178 valence electrons. The van der Waals surface area contributed by atoms with Crippen LogP contribution in [-0.2, 0) is 23.7 Å². The van der Waals surface area contributed by atoms with Crippen molar-refractivity contribution >= 4 is 5.97 Å². The molecule has 0 bridgehead atoms. The van der Waals surface area contributed by atoms with Gasteiger partial charge in [-0.2, -0.15) is 4.91 Å². The lowest BCUT2D eigenvalue weighted by molar-refractivity contribution is -0.307. The highest BCUT2D eigenvalue weighted by atomic mass is 16.7. The molecule has 1 aliphatic rings. The minimum absolute atomic E-state index is 0.142. The Balaban J connectivity index is 2.87. The van der Waals surface area contributed by atoms with E-state index in [0.29, 0.717) is 13.0 Å². The maximum absolute atomic E-state index is 11.6. The van der Waals surface area contributed by atoms with Crippen LogP contribution in [0, 0.1) is 10.8 Å². The zero-order valence-electron chi connectivity index (χ0n) is 20.4. The van der Waals surface area contributed by atoms with Crippen LogP contribution in [0.2, 0.25) is 0 Å². The van der Waals surface area contributed by atoms with Crippen molar-refractivity contribution in [2.24, 2.45) is 11.1 Å². The predicted molar refractivity (Wildman–Crippen MR) is 122 cm³/mol. The molecular weight excluding hydrogens is 398 g/mol. The number of rotatable bonds is 12. The van der Waals surface area contributed by atoms with Crippen LogP contribution in [0.15, 0.2) is 28.5 Å². The fourth-order valence-corrected chi connectivity index (χ4v) is 4.24. The predicted octanol–water partition coefficient (Wildman–Crippen LogP) is 5.33. The van der Waals surface area contributed by atoms with E-state index in [1.54, 1.807) is 14.2 Å². The van der Waals surface area contributed by atoms with E-state index in [-0.39, 0.29) is 24.5 Å². The summed E-state index contributed by atoms with van der Waals surface area (Å²) in [5, 5.41) is 2.92. The van der Waals surface area contributed by atoms with Gasteiger partial charge in [0.25, 0.3) is 0 Å². The van der Waals surface area contributed by atoms with E-state index in [1.807, 2.05) is 26.8 Å². The monoisotopic (exact) mass is 439 g/mol. The molecule has 1 aliphatic heterocycles. The Morgan fingerprint density at radius 2 is 1.94 bits per heavy atom. The minimum Gasteiger partial charge on any atom is -0.462 e. The molecule has 3 atom stereocenters. The molecule has 0 aromatic carbocycles. The van der Waals surface area contributed by atoms with Crippen molar-refractivity contribution in [1.29, 1.82) is 0 Å². The summed E-state index contributed by atoms with van der Waals surface area (Å²) in [5.41, 5.74) is 1.59. The molecule has 0 spiro atoms. The van der Waals surface area contributed by atoms with Crippen LogP contribution < -0.4 is 0 Å². The van der Waals surface area contributed by atoms with Crippen LogP contribution >= 0.6 is 0 Å². The summed E-state index contributed by atoms with van der Waals surface area (Å²) in [5.74, 6) is -0.917.